The summed E-state index contributed by atoms with van der Waals surface area (Å²) in [6.45, 7) is 2.18. The lowest BCUT2D eigenvalue weighted by Gasteiger charge is -2.34. The van der Waals surface area contributed by atoms with Crippen LogP contribution in [0.1, 0.15) is 24.5 Å². The Labute approximate surface area is 111 Å². The highest BCUT2D eigenvalue weighted by Crippen LogP contribution is 2.30. The Kier molecular flexibility index (Phi) is 4.16. The Morgan fingerprint density at radius 2 is 1.84 bits per heavy atom. The monoisotopic (exact) mass is 272 g/mol. The number of aryl methyl sites for hydroxylation is 1. The van der Waals surface area contributed by atoms with Gasteiger partial charge in [-0.2, -0.15) is 13.2 Å². The SMILES string of the molecule is CC(N)C(N1CCCc2ccccc2C1)C(F)(F)F. The van der Waals surface area contributed by atoms with Gasteiger partial charge in [-0.15, -0.1) is 0 Å². The van der Waals surface area contributed by atoms with Gasteiger partial charge in [-0.25, -0.2) is 0 Å². The van der Waals surface area contributed by atoms with Crippen molar-refractivity contribution >= 4 is 0 Å². The summed E-state index contributed by atoms with van der Waals surface area (Å²) in [4.78, 5) is 1.47. The van der Waals surface area contributed by atoms with Crippen molar-refractivity contribution < 1.29 is 13.2 Å². The molecule has 1 aromatic carbocycles. The Balaban J connectivity index is 2.26. The van der Waals surface area contributed by atoms with Crippen molar-refractivity contribution in [1.82, 2.24) is 4.90 Å². The zero-order chi connectivity index (χ0) is 14.0. The van der Waals surface area contributed by atoms with Gasteiger partial charge >= 0.3 is 6.18 Å². The van der Waals surface area contributed by atoms with Crippen LogP contribution in [0.3, 0.4) is 0 Å². The zero-order valence-corrected chi connectivity index (χ0v) is 11.0. The number of fused-ring (bicyclic) bond motifs is 1. The van der Waals surface area contributed by atoms with E-state index in [1.165, 1.54) is 11.8 Å². The first kappa shape index (κ1) is 14.3. The quantitative estimate of drug-likeness (QED) is 0.897. The van der Waals surface area contributed by atoms with E-state index in [0.29, 0.717) is 13.1 Å². The molecule has 2 N–H and O–H groups in total. The smallest absolute Gasteiger partial charge is 0.326 e. The molecule has 1 heterocycles. The molecule has 2 atom stereocenters. The van der Waals surface area contributed by atoms with E-state index in [4.69, 9.17) is 5.73 Å². The van der Waals surface area contributed by atoms with Crippen molar-refractivity contribution in [2.45, 2.75) is 44.6 Å². The minimum Gasteiger partial charge on any atom is -0.326 e. The normalized spacial score (nSPS) is 20.5. The number of hydrogen-bond donors (Lipinski definition) is 1. The molecule has 1 aliphatic rings. The van der Waals surface area contributed by atoms with Gasteiger partial charge in [0.2, 0.25) is 0 Å². The highest BCUT2D eigenvalue weighted by Gasteiger charge is 2.45. The lowest BCUT2D eigenvalue weighted by atomic mass is 10.0. The molecule has 106 valence electrons. The van der Waals surface area contributed by atoms with Crippen LogP contribution in [0.15, 0.2) is 24.3 Å². The third-order valence-corrected chi connectivity index (χ3v) is 3.61. The van der Waals surface area contributed by atoms with E-state index < -0.39 is 18.3 Å². The second-order valence-corrected chi connectivity index (χ2v) is 5.19. The summed E-state index contributed by atoms with van der Waals surface area (Å²) in [5, 5.41) is 0. The minimum absolute atomic E-state index is 0.321. The number of nitrogens with zero attached hydrogens (tertiary/aromatic N) is 1. The maximum Gasteiger partial charge on any atom is 0.405 e. The average Bonchev–Trinajstić information content (AvgIpc) is 2.48. The maximum atomic E-state index is 13.1. The fourth-order valence-electron chi connectivity index (χ4n) is 2.80. The summed E-state index contributed by atoms with van der Waals surface area (Å²) in [6.07, 6.45) is -2.72. The van der Waals surface area contributed by atoms with Gasteiger partial charge in [0, 0.05) is 12.6 Å². The van der Waals surface area contributed by atoms with Crippen LogP contribution >= 0.6 is 0 Å². The first-order valence-electron chi connectivity index (χ1n) is 6.52. The number of rotatable bonds is 2. The molecule has 5 heteroatoms. The molecule has 1 aromatic rings. The molecule has 19 heavy (non-hydrogen) atoms. The first-order chi connectivity index (χ1) is 8.89. The van der Waals surface area contributed by atoms with Crippen LogP contribution in [0, 0.1) is 0 Å². The largest absolute Gasteiger partial charge is 0.405 e. The van der Waals surface area contributed by atoms with Crippen molar-refractivity contribution in [1.29, 1.82) is 0 Å². The Hall–Kier alpha value is -1.07. The third kappa shape index (κ3) is 3.28. The Bertz CT molecular complexity index is 429. The van der Waals surface area contributed by atoms with Gasteiger partial charge in [0.05, 0.1) is 0 Å². The van der Waals surface area contributed by atoms with Gasteiger partial charge in [0.25, 0.3) is 0 Å². The molecular formula is C14H19F3N2. The van der Waals surface area contributed by atoms with Gasteiger partial charge in [-0.3, -0.25) is 4.90 Å². The van der Waals surface area contributed by atoms with Gasteiger partial charge < -0.3 is 5.73 Å². The van der Waals surface area contributed by atoms with Crippen LogP contribution < -0.4 is 5.73 Å². The molecule has 2 rings (SSSR count). The van der Waals surface area contributed by atoms with E-state index in [0.717, 1.165) is 24.0 Å². The first-order valence-corrected chi connectivity index (χ1v) is 6.52. The van der Waals surface area contributed by atoms with Gasteiger partial charge in [-0.1, -0.05) is 24.3 Å². The summed E-state index contributed by atoms with van der Waals surface area (Å²) < 4.78 is 39.4. The average molecular weight is 272 g/mol. The van der Waals surface area contributed by atoms with Crippen molar-refractivity contribution in [3.8, 4) is 0 Å². The van der Waals surface area contributed by atoms with E-state index in [2.05, 4.69) is 0 Å². The van der Waals surface area contributed by atoms with Crippen molar-refractivity contribution in [3.05, 3.63) is 35.4 Å². The number of hydrogen-bond acceptors (Lipinski definition) is 2. The number of nitrogens with two attached hydrogens (primary N) is 1. The summed E-state index contributed by atoms with van der Waals surface area (Å²) in [7, 11) is 0. The van der Waals surface area contributed by atoms with Crippen LogP contribution in [0.25, 0.3) is 0 Å². The summed E-state index contributed by atoms with van der Waals surface area (Å²) in [6, 6.07) is 5.21. The van der Waals surface area contributed by atoms with Crippen LogP contribution in [-0.2, 0) is 13.0 Å². The molecule has 0 bridgehead atoms. The molecule has 0 fully saturated rings. The molecule has 0 spiro atoms. The number of halogens is 3. The maximum absolute atomic E-state index is 13.1. The molecular weight excluding hydrogens is 253 g/mol. The molecule has 0 radical (unpaired) electrons. The van der Waals surface area contributed by atoms with Gasteiger partial charge in [0.1, 0.15) is 6.04 Å². The molecule has 0 saturated carbocycles. The van der Waals surface area contributed by atoms with E-state index in [-0.39, 0.29) is 0 Å². The van der Waals surface area contributed by atoms with E-state index in [1.807, 2.05) is 24.3 Å². The molecule has 2 unspecified atom stereocenters. The van der Waals surface area contributed by atoms with Crippen molar-refractivity contribution in [2.75, 3.05) is 6.54 Å². The highest BCUT2D eigenvalue weighted by atomic mass is 19.4. The Morgan fingerprint density at radius 1 is 1.21 bits per heavy atom. The van der Waals surface area contributed by atoms with Crippen LogP contribution in [-0.4, -0.2) is 29.7 Å². The van der Waals surface area contributed by atoms with Gasteiger partial charge in [0.15, 0.2) is 0 Å². The molecule has 0 amide bonds. The van der Waals surface area contributed by atoms with E-state index in [9.17, 15) is 13.2 Å². The zero-order valence-electron chi connectivity index (χ0n) is 11.0. The minimum atomic E-state index is -4.28. The molecule has 1 aliphatic heterocycles. The molecule has 0 saturated heterocycles. The standard InChI is InChI=1S/C14H19F3N2/c1-10(18)13(14(15,16)17)19-8-4-7-11-5-2-3-6-12(11)9-19/h2-3,5-6,10,13H,4,7-9,18H2,1H3. The van der Waals surface area contributed by atoms with E-state index >= 15 is 0 Å². The van der Waals surface area contributed by atoms with E-state index in [1.54, 1.807) is 0 Å². The summed E-state index contributed by atoms with van der Waals surface area (Å²) in [5.74, 6) is 0. The highest BCUT2D eigenvalue weighted by molar-refractivity contribution is 5.28. The van der Waals surface area contributed by atoms with Crippen LogP contribution in [0.2, 0.25) is 0 Å². The molecule has 0 aromatic heterocycles. The van der Waals surface area contributed by atoms with Crippen LogP contribution in [0.4, 0.5) is 13.2 Å². The van der Waals surface area contributed by atoms with Crippen molar-refractivity contribution in [3.63, 3.8) is 0 Å². The molecule has 0 aliphatic carbocycles. The fraction of sp³-hybridized carbons (Fsp3) is 0.571. The number of benzene rings is 1. The number of alkyl halides is 3. The predicted octanol–water partition coefficient (Wildman–Crippen LogP) is 2.71. The lowest BCUT2D eigenvalue weighted by Crippen LogP contribution is -2.54. The van der Waals surface area contributed by atoms with Crippen molar-refractivity contribution in [2.24, 2.45) is 5.73 Å². The summed E-state index contributed by atoms with van der Waals surface area (Å²) in [5.41, 5.74) is 7.69. The Morgan fingerprint density at radius 3 is 2.42 bits per heavy atom. The lowest BCUT2D eigenvalue weighted by molar-refractivity contribution is -0.189. The third-order valence-electron chi connectivity index (χ3n) is 3.61. The second-order valence-electron chi connectivity index (χ2n) is 5.19. The second kappa shape index (κ2) is 5.51. The van der Waals surface area contributed by atoms with Gasteiger partial charge in [-0.05, 0) is 37.4 Å². The predicted molar refractivity (Wildman–Crippen MR) is 68.7 cm³/mol. The summed E-state index contributed by atoms with van der Waals surface area (Å²) >= 11 is 0. The topological polar surface area (TPSA) is 29.3 Å². The fourth-order valence-corrected chi connectivity index (χ4v) is 2.80. The van der Waals surface area contributed by atoms with Crippen LogP contribution in [0.5, 0.6) is 0 Å². The molecule has 2 nitrogen and oxygen atoms in total.